The maximum absolute atomic E-state index is 10.2. The summed E-state index contributed by atoms with van der Waals surface area (Å²) in [5, 5.41) is 20.3. The van der Waals surface area contributed by atoms with Gasteiger partial charge in [0, 0.05) is 11.9 Å². The number of carboxylic acid groups (broad SMARTS) is 2. The van der Waals surface area contributed by atoms with Gasteiger partial charge in [0.2, 0.25) is 0 Å². The minimum Gasteiger partial charge on any atom is -0.550 e. The molecule has 5 heteroatoms. The smallest absolute Gasteiger partial charge is 0.0843 e. The topological polar surface area (TPSA) is 108 Å². The molecule has 0 aliphatic carbocycles. The van der Waals surface area contributed by atoms with Crippen molar-refractivity contribution in [3.05, 3.63) is 0 Å². The Labute approximate surface area is 102 Å². The minimum absolute atomic E-state index is 0.109. The molecule has 0 radical (unpaired) electrons. The molecular weight excluding hydrogens is 222 g/mol. The van der Waals surface area contributed by atoms with Crippen molar-refractivity contribution in [2.45, 2.75) is 63.8 Å². The van der Waals surface area contributed by atoms with Crippen LogP contribution in [0.15, 0.2) is 0 Å². The summed E-state index contributed by atoms with van der Waals surface area (Å²) < 4.78 is 0. The first-order valence-electron chi connectivity index (χ1n) is 6.25. The monoisotopic (exact) mass is 244 g/mol. The highest BCUT2D eigenvalue weighted by Gasteiger charge is 2.05. The lowest BCUT2D eigenvalue weighted by atomic mass is 10.0. The second-order valence-electron chi connectivity index (χ2n) is 4.46. The summed E-state index contributed by atoms with van der Waals surface area (Å²) in [6.45, 7) is 0. The van der Waals surface area contributed by atoms with E-state index in [0.717, 1.165) is 32.1 Å². The van der Waals surface area contributed by atoms with E-state index in [-0.39, 0.29) is 18.9 Å². The number of carboxylic acids is 2. The van der Waals surface area contributed by atoms with Gasteiger partial charge < -0.3 is 25.5 Å². The van der Waals surface area contributed by atoms with Gasteiger partial charge in [0.15, 0.2) is 0 Å². The molecule has 17 heavy (non-hydrogen) atoms. The van der Waals surface area contributed by atoms with E-state index in [4.69, 9.17) is 0 Å². The van der Waals surface area contributed by atoms with Crippen molar-refractivity contribution in [1.82, 2.24) is 0 Å². The van der Waals surface area contributed by atoms with Gasteiger partial charge in [-0.2, -0.15) is 0 Å². The average Bonchev–Trinajstić information content (AvgIpc) is 2.22. The molecule has 0 saturated carbocycles. The molecule has 0 heterocycles. The molecule has 1 atom stereocenters. The van der Waals surface area contributed by atoms with Gasteiger partial charge >= 0.3 is 0 Å². The Morgan fingerprint density at radius 2 is 1.29 bits per heavy atom. The molecule has 0 unspecified atom stereocenters. The maximum atomic E-state index is 10.2. The molecule has 0 amide bonds. The summed E-state index contributed by atoms with van der Waals surface area (Å²) in [4.78, 5) is 20.3. The second kappa shape index (κ2) is 10.1. The zero-order chi connectivity index (χ0) is 13.1. The first-order chi connectivity index (χ1) is 8.02. The highest BCUT2D eigenvalue weighted by atomic mass is 16.4. The van der Waals surface area contributed by atoms with Gasteiger partial charge in [0.1, 0.15) is 0 Å². The zero-order valence-corrected chi connectivity index (χ0v) is 10.3. The SMILES string of the molecule is [NH3+][C@H](CCCCCCC(=O)[O-])CCCC(=O)[O-]. The summed E-state index contributed by atoms with van der Waals surface area (Å²) in [6.07, 6.45) is 6.25. The fraction of sp³-hybridized carbons (Fsp3) is 0.833. The van der Waals surface area contributed by atoms with Crippen molar-refractivity contribution >= 4 is 11.9 Å². The van der Waals surface area contributed by atoms with Gasteiger partial charge in [0.05, 0.1) is 6.04 Å². The summed E-state index contributed by atoms with van der Waals surface area (Å²) >= 11 is 0. The van der Waals surface area contributed by atoms with Crippen molar-refractivity contribution in [3.8, 4) is 0 Å². The fourth-order valence-corrected chi connectivity index (χ4v) is 1.74. The lowest BCUT2D eigenvalue weighted by molar-refractivity contribution is -0.423. The van der Waals surface area contributed by atoms with E-state index >= 15 is 0 Å². The van der Waals surface area contributed by atoms with Crippen LogP contribution in [-0.2, 0) is 9.59 Å². The van der Waals surface area contributed by atoms with Crippen LogP contribution in [-0.4, -0.2) is 18.0 Å². The number of carbonyl (C=O) groups is 2. The van der Waals surface area contributed by atoms with E-state index in [1.165, 1.54) is 0 Å². The lowest BCUT2D eigenvalue weighted by Gasteiger charge is -2.08. The molecule has 0 spiro atoms. The summed E-state index contributed by atoms with van der Waals surface area (Å²) in [7, 11) is 0. The first kappa shape index (κ1) is 15.9. The largest absolute Gasteiger partial charge is 0.550 e. The molecular formula is C12H22NO4-. The van der Waals surface area contributed by atoms with Crippen LogP contribution < -0.4 is 15.9 Å². The Morgan fingerprint density at radius 1 is 0.824 bits per heavy atom. The fourth-order valence-electron chi connectivity index (χ4n) is 1.74. The predicted molar refractivity (Wildman–Crippen MR) is 58.2 cm³/mol. The van der Waals surface area contributed by atoms with Crippen molar-refractivity contribution in [3.63, 3.8) is 0 Å². The number of rotatable bonds is 11. The summed E-state index contributed by atoms with van der Waals surface area (Å²) in [5.41, 5.74) is 3.96. The Balaban J connectivity index is 3.24. The second-order valence-corrected chi connectivity index (χ2v) is 4.46. The van der Waals surface area contributed by atoms with Crippen LogP contribution in [0.1, 0.15) is 57.8 Å². The molecule has 0 saturated heterocycles. The van der Waals surface area contributed by atoms with Gasteiger partial charge in [-0.1, -0.05) is 12.8 Å². The number of aliphatic carboxylic acids is 2. The molecule has 0 fully saturated rings. The van der Waals surface area contributed by atoms with E-state index in [1.54, 1.807) is 0 Å². The highest BCUT2D eigenvalue weighted by Crippen LogP contribution is 2.08. The van der Waals surface area contributed by atoms with Crippen LogP contribution in [0.25, 0.3) is 0 Å². The minimum atomic E-state index is -1.00. The van der Waals surface area contributed by atoms with E-state index in [9.17, 15) is 19.8 Å². The van der Waals surface area contributed by atoms with Gasteiger partial charge in [-0.25, -0.2) is 0 Å². The number of carbonyl (C=O) groups excluding carboxylic acids is 2. The van der Waals surface area contributed by atoms with Gasteiger partial charge in [-0.05, 0) is 44.9 Å². The van der Waals surface area contributed by atoms with Gasteiger partial charge in [-0.15, -0.1) is 0 Å². The van der Waals surface area contributed by atoms with Crippen LogP contribution in [0.4, 0.5) is 0 Å². The average molecular weight is 244 g/mol. The molecule has 5 nitrogen and oxygen atoms in total. The molecule has 0 aromatic carbocycles. The van der Waals surface area contributed by atoms with Crippen LogP contribution in [0.5, 0.6) is 0 Å². The number of unbranched alkanes of at least 4 members (excludes halogenated alkanes) is 3. The van der Waals surface area contributed by atoms with E-state index in [2.05, 4.69) is 5.73 Å². The predicted octanol–water partition coefficient (Wildman–Crippen LogP) is -1.39. The number of hydrogen-bond acceptors (Lipinski definition) is 4. The van der Waals surface area contributed by atoms with E-state index in [0.29, 0.717) is 12.8 Å². The third-order valence-corrected chi connectivity index (χ3v) is 2.74. The third-order valence-electron chi connectivity index (χ3n) is 2.74. The van der Waals surface area contributed by atoms with Crippen LogP contribution in [0, 0.1) is 0 Å². The van der Waals surface area contributed by atoms with Crippen LogP contribution in [0.3, 0.4) is 0 Å². The van der Waals surface area contributed by atoms with E-state index < -0.39 is 11.9 Å². The van der Waals surface area contributed by atoms with Crippen LogP contribution in [0.2, 0.25) is 0 Å². The Hall–Kier alpha value is -1.10. The van der Waals surface area contributed by atoms with Gasteiger partial charge in [-0.3, -0.25) is 0 Å². The zero-order valence-electron chi connectivity index (χ0n) is 10.3. The Bertz CT molecular complexity index is 231. The quantitative estimate of drug-likeness (QED) is 0.451. The Morgan fingerprint density at radius 3 is 1.88 bits per heavy atom. The summed E-state index contributed by atoms with van der Waals surface area (Å²) in [5.74, 6) is -1.98. The molecule has 0 aliphatic heterocycles. The molecule has 0 rings (SSSR count). The molecule has 3 N–H and O–H groups in total. The maximum Gasteiger partial charge on any atom is 0.0843 e. The molecule has 0 aliphatic rings. The standard InChI is InChI=1S/C12H23NO4/c13-10(7-5-9-12(16)17)6-3-1-2-4-8-11(14)15/h10H,1-9,13H2,(H,14,15)(H,16,17)/p-1/t10-/m1/s1. The summed E-state index contributed by atoms with van der Waals surface area (Å²) in [6, 6.07) is 0.287. The van der Waals surface area contributed by atoms with E-state index in [1.807, 2.05) is 0 Å². The molecule has 100 valence electrons. The van der Waals surface area contributed by atoms with Gasteiger partial charge in [0.25, 0.3) is 0 Å². The van der Waals surface area contributed by atoms with Crippen LogP contribution >= 0.6 is 0 Å². The lowest BCUT2D eigenvalue weighted by Crippen LogP contribution is -2.60. The van der Waals surface area contributed by atoms with Crippen molar-refractivity contribution in [2.75, 3.05) is 0 Å². The highest BCUT2D eigenvalue weighted by molar-refractivity contribution is 5.64. The molecule has 0 aromatic rings. The normalized spacial score (nSPS) is 12.3. The molecule has 0 bridgehead atoms. The number of quaternary nitrogens is 1. The van der Waals surface area contributed by atoms with Crippen molar-refractivity contribution in [2.24, 2.45) is 0 Å². The first-order valence-corrected chi connectivity index (χ1v) is 6.25. The molecule has 0 aromatic heterocycles. The number of hydrogen-bond donors (Lipinski definition) is 1. The Kier molecular flexibility index (Phi) is 9.43. The third kappa shape index (κ3) is 12.8. The van der Waals surface area contributed by atoms with Crippen molar-refractivity contribution in [1.29, 1.82) is 0 Å². The van der Waals surface area contributed by atoms with Crippen molar-refractivity contribution < 1.29 is 25.5 Å².